The zero-order valence-corrected chi connectivity index (χ0v) is 24.0. The van der Waals surface area contributed by atoms with Crippen LogP contribution in [0.25, 0.3) is 11.8 Å². The van der Waals surface area contributed by atoms with Crippen LogP contribution in [0.4, 0.5) is 0 Å². The fourth-order valence-electron chi connectivity index (χ4n) is 4.48. The third-order valence-electron chi connectivity index (χ3n) is 6.32. The van der Waals surface area contributed by atoms with Crippen molar-refractivity contribution in [3.63, 3.8) is 0 Å². The minimum Gasteiger partial charge on any atom is -0.493 e. The highest BCUT2D eigenvalue weighted by Gasteiger charge is 2.35. The van der Waals surface area contributed by atoms with E-state index in [1.165, 1.54) is 11.3 Å². The van der Waals surface area contributed by atoms with Crippen LogP contribution in [0.5, 0.6) is 5.75 Å². The fraction of sp³-hybridized carbons (Fsp3) is 0.219. The lowest BCUT2D eigenvalue weighted by Crippen LogP contribution is -2.40. The lowest BCUT2D eigenvalue weighted by atomic mass is 9.93. The third kappa shape index (κ3) is 5.81. The van der Waals surface area contributed by atoms with Gasteiger partial charge in [0.15, 0.2) is 4.80 Å². The molecule has 0 radical (unpaired) electrons. The van der Waals surface area contributed by atoms with Crippen LogP contribution in [0.1, 0.15) is 43.5 Å². The molecule has 1 aliphatic rings. The molecule has 0 aliphatic carbocycles. The molecular weight excluding hydrogens is 544 g/mol. The number of esters is 1. The van der Waals surface area contributed by atoms with E-state index in [9.17, 15) is 9.59 Å². The molecule has 6 nitrogen and oxygen atoms in total. The van der Waals surface area contributed by atoms with Crippen molar-refractivity contribution in [3.8, 4) is 5.75 Å². The van der Waals surface area contributed by atoms with Crippen LogP contribution in [0.3, 0.4) is 0 Å². The molecule has 0 amide bonds. The zero-order valence-electron chi connectivity index (χ0n) is 22.5. The summed E-state index contributed by atoms with van der Waals surface area (Å²) in [5.74, 6) is 0.688. The number of ether oxygens (including phenoxy) is 2. The predicted molar refractivity (Wildman–Crippen MR) is 159 cm³/mol. The van der Waals surface area contributed by atoms with Crippen LogP contribution in [0.2, 0.25) is 5.02 Å². The number of hydrogen-bond donors (Lipinski definition) is 0. The number of benzene rings is 3. The number of thiazole rings is 1. The van der Waals surface area contributed by atoms with Gasteiger partial charge in [-0.25, -0.2) is 9.79 Å². The average Bonchev–Trinajstić information content (AvgIpc) is 3.27. The van der Waals surface area contributed by atoms with Crippen molar-refractivity contribution in [1.29, 1.82) is 0 Å². The van der Waals surface area contributed by atoms with E-state index >= 15 is 0 Å². The summed E-state index contributed by atoms with van der Waals surface area (Å²) in [5.41, 5.74) is 2.91. The van der Waals surface area contributed by atoms with Gasteiger partial charge in [-0.2, -0.15) is 0 Å². The Kier molecular flexibility index (Phi) is 8.33. The maximum atomic E-state index is 13.9. The Labute approximate surface area is 241 Å². The summed E-state index contributed by atoms with van der Waals surface area (Å²) in [4.78, 5) is 32.8. The minimum absolute atomic E-state index is 0.193. The van der Waals surface area contributed by atoms with Crippen LogP contribution in [0.15, 0.2) is 94.2 Å². The Bertz CT molecular complexity index is 1720. The van der Waals surface area contributed by atoms with Gasteiger partial charge in [0.2, 0.25) is 0 Å². The van der Waals surface area contributed by atoms with Crippen molar-refractivity contribution in [2.45, 2.75) is 26.8 Å². The van der Waals surface area contributed by atoms with Gasteiger partial charge in [-0.3, -0.25) is 9.36 Å². The van der Waals surface area contributed by atoms with Crippen molar-refractivity contribution in [2.75, 3.05) is 13.2 Å². The smallest absolute Gasteiger partial charge is 0.338 e. The quantitative estimate of drug-likeness (QED) is 0.257. The van der Waals surface area contributed by atoms with Crippen LogP contribution < -0.4 is 19.6 Å². The first kappa shape index (κ1) is 27.6. The molecule has 1 atom stereocenters. The number of halogens is 1. The molecule has 8 heteroatoms. The second-order valence-electron chi connectivity index (χ2n) is 9.76. The number of rotatable bonds is 8. The Morgan fingerprint density at radius 1 is 1.05 bits per heavy atom. The molecule has 204 valence electrons. The van der Waals surface area contributed by atoms with Gasteiger partial charge in [-0.1, -0.05) is 91.4 Å². The van der Waals surface area contributed by atoms with Crippen molar-refractivity contribution in [1.82, 2.24) is 4.57 Å². The van der Waals surface area contributed by atoms with Crippen LogP contribution in [-0.2, 0) is 9.53 Å². The lowest BCUT2D eigenvalue weighted by Gasteiger charge is -2.25. The SMILES string of the molecule is CCOC(=O)C1=C(c2ccccc2)N=c2s/c(=C/c3ccc(OCC(C)C)cc3)c(=O)n2[C@@H]1c1ccc(Cl)cc1. The standard InChI is InChI=1S/C32H29ClN2O4S/c1-4-38-31(37)27-28(22-8-6-5-7-9-22)34-32-35(29(27)23-12-14-24(33)15-13-23)30(36)26(40-32)18-21-10-16-25(17-11-21)39-19-20(2)3/h5-18,20,29H,4,19H2,1-3H3/b26-18+/t29-/m1/s1. The molecule has 0 unspecified atom stereocenters. The van der Waals surface area contributed by atoms with Gasteiger partial charge in [0.1, 0.15) is 5.75 Å². The monoisotopic (exact) mass is 572 g/mol. The molecule has 40 heavy (non-hydrogen) atoms. The molecule has 0 bridgehead atoms. The van der Waals surface area contributed by atoms with E-state index in [1.54, 1.807) is 23.6 Å². The Morgan fingerprint density at radius 3 is 2.40 bits per heavy atom. The number of hydrogen-bond acceptors (Lipinski definition) is 6. The molecule has 5 rings (SSSR count). The first-order valence-corrected chi connectivity index (χ1v) is 14.3. The summed E-state index contributed by atoms with van der Waals surface area (Å²) >= 11 is 7.48. The van der Waals surface area contributed by atoms with E-state index in [-0.39, 0.29) is 12.2 Å². The van der Waals surface area contributed by atoms with Crippen molar-refractivity contribution in [3.05, 3.63) is 126 Å². The maximum Gasteiger partial charge on any atom is 0.338 e. The molecule has 0 N–H and O–H groups in total. The summed E-state index contributed by atoms with van der Waals surface area (Å²) < 4.78 is 13.4. The van der Waals surface area contributed by atoms with E-state index in [0.717, 1.165) is 22.4 Å². The average molecular weight is 573 g/mol. The van der Waals surface area contributed by atoms with E-state index in [1.807, 2.05) is 72.8 Å². The van der Waals surface area contributed by atoms with Gasteiger partial charge < -0.3 is 9.47 Å². The summed E-state index contributed by atoms with van der Waals surface area (Å²) in [7, 11) is 0. The summed E-state index contributed by atoms with van der Waals surface area (Å²) in [6.07, 6.45) is 1.84. The van der Waals surface area contributed by atoms with E-state index in [4.69, 9.17) is 26.1 Å². The molecule has 2 heterocycles. The van der Waals surface area contributed by atoms with Crippen molar-refractivity contribution in [2.24, 2.45) is 10.9 Å². The first-order chi connectivity index (χ1) is 19.4. The number of carbonyl (C=O) groups is 1. The Hall–Kier alpha value is -3.94. The Morgan fingerprint density at radius 2 is 1.75 bits per heavy atom. The molecule has 3 aromatic carbocycles. The summed E-state index contributed by atoms with van der Waals surface area (Å²) in [6.45, 7) is 6.78. The molecular formula is C32H29ClN2O4S. The number of fused-ring (bicyclic) bond motifs is 1. The number of carbonyl (C=O) groups excluding carboxylic acids is 1. The minimum atomic E-state index is -0.739. The van der Waals surface area contributed by atoms with E-state index in [0.29, 0.717) is 38.2 Å². The highest BCUT2D eigenvalue weighted by molar-refractivity contribution is 7.07. The summed E-state index contributed by atoms with van der Waals surface area (Å²) in [5, 5.41) is 0.557. The number of aromatic nitrogens is 1. The molecule has 0 saturated carbocycles. The van der Waals surface area contributed by atoms with E-state index in [2.05, 4.69) is 13.8 Å². The van der Waals surface area contributed by atoms with Gasteiger partial charge in [-0.15, -0.1) is 0 Å². The van der Waals surface area contributed by atoms with Gasteiger partial charge in [-0.05, 0) is 54.3 Å². The predicted octanol–water partition coefficient (Wildman–Crippen LogP) is 5.62. The van der Waals surface area contributed by atoms with Crippen molar-refractivity contribution >= 4 is 40.7 Å². The third-order valence-corrected chi connectivity index (χ3v) is 7.56. The van der Waals surface area contributed by atoms with Gasteiger partial charge >= 0.3 is 5.97 Å². The highest BCUT2D eigenvalue weighted by atomic mass is 35.5. The lowest BCUT2D eigenvalue weighted by molar-refractivity contribution is -0.138. The fourth-order valence-corrected chi connectivity index (χ4v) is 5.60. The van der Waals surface area contributed by atoms with E-state index < -0.39 is 12.0 Å². The molecule has 0 saturated heterocycles. The second-order valence-corrected chi connectivity index (χ2v) is 11.2. The van der Waals surface area contributed by atoms with Crippen LogP contribution in [-0.4, -0.2) is 23.8 Å². The largest absolute Gasteiger partial charge is 0.493 e. The molecule has 1 aromatic heterocycles. The van der Waals surface area contributed by atoms with Crippen LogP contribution in [0, 0.1) is 5.92 Å². The highest BCUT2D eigenvalue weighted by Crippen LogP contribution is 2.35. The first-order valence-electron chi connectivity index (χ1n) is 13.1. The van der Waals surface area contributed by atoms with Gasteiger partial charge in [0.25, 0.3) is 5.56 Å². The second kappa shape index (κ2) is 12.1. The Balaban J connectivity index is 1.70. The zero-order chi connectivity index (χ0) is 28.2. The normalized spacial score (nSPS) is 15.1. The maximum absolute atomic E-state index is 13.9. The summed E-state index contributed by atoms with van der Waals surface area (Å²) in [6, 6.07) is 23.5. The molecule has 0 spiro atoms. The van der Waals surface area contributed by atoms with Gasteiger partial charge in [0.05, 0.1) is 35.1 Å². The van der Waals surface area contributed by atoms with Crippen molar-refractivity contribution < 1.29 is 14.3 Å². The van der Waals surface area contributed by atoms with Gasteiger partial charge in [0, 0.05) is 10.6 Å². The molecule has 1 aliphatic heterocycles. The number of nitrogens with zero attached hydrogens (tertiary/aromatic N) is 2. The molecule has 0 fully saturated rings. The topological polar surface area (TPSA) is 69.9 Å². The van der Waals surface area contributed by atoms with Crippen LogP contribution >= 0.6 is 22.9 Å². The molecule has 4 aromatic rings.